The number of aliphatic hydroxyl groups is 1. The summed E-state index contributed by atoms with van der Waals surface area (Å²) in [7, 11) is 0. The summed E-state index contributed by atoms with van der Waals surface area (Å²) in [6.07, 6.45) is 1.78. The number of rotatable bonds is 6. The maximum Gasteiger partial charge on any atom is 0.193 e. The van der Waals surface area contributed by atoms with Crippen LogP contribution in [0.1, 0.15) is 37.8 Å². The Morgan fingerprint density at radius 2 is 1.71 bits per heavy atom. The van der Waals surface area contributed by atoms with E-state index in [1.807, 2.05) is 12.1 Å². The van der Waals surface area contributed by atoms with Crippen molar-refractivity contribution in [3.63, 3.8) is 0 Å². The van der Waals surface area contributed by atoms with Gasteiger partial charge in [-0.1, -0.05) is 19.9 Å². The van der Waals surface area contributed by atoms with E-state index in [-0.39, 0.29) is 36.0 Å². The minimum Gasteiger partial charge on any atom is -0.396 e. The summed E-state index contributed by atoms with van der Waals surface area (Å²) in [4.78, 5) is 4.39. The number of benzene rings is 1. The fourth-order valence-electron chi connectivity index (χ4n) is 2.23. The minimum absolute atomic E-state index is 0. The third kappa shape index (κ3) is 6.22. The molecule has 0 fully saturated rings. The molecule has 120 valence electrons. The summed E-state index contributed by atoms with van der Waals surface area (Å²) >= 11 is 0. The standard InChI is InChI=1S/C16H27N3O.HI/c1-5-16(6-2,11-20)10-18-15(17)19-14-8-12(3)7-13(4)9-14;/h7-9,20H,5-6,10-11H2,1-4H3,(H3,17,18,19);1H. The quantitative estimate of drug-likeness (QED) is 0.386. The highest BCUT2D eigenvalue weighted by atomic mass is 127. The molecule has 0 radical (unpaired) electrons. The molecule has 5 heteroatoms. The fraction of sp³-hybridized carbons (Fsp3) is 0.562. The van der Waals surface area contributed by atoms with E-state index >= 15 is 0 Å². The Kier molecular flexibility index (Phi) is 8.89. The van der Waals surface area contributed by atoms with Gasteiger partial charge in [0.2, 0.25) is 0 Å². The van der Waals surface area contributed by atoms with Gasteiger partial charge in [-0.15, -0.1) is 24.0 Å². The van der Waals surface area contributed by atoms with Gasteiger partial charge >= 0.3 is 0 Å². The van der Waals surface area contributed by atoms with Crippen LogP contribution in [0.25, 0.3) is 0 Å². The second kappa shape index (κ2) is 9.25. The van der Waals surface area contributed by atoms with Gasteiger partial charge in [0, 0.05) is 11.1 Å². The molecule has 1 rings (SSSR count). The number of hydrogen-bond donors (Lipinski definition) is 3. The largest absolute Gasteiger partial charge is 0.396 e. The molecule has 0 unspecified atom stereocenters. The molecule has 0 saturated carbocycles. The predicted molar refractivity (Wildman–Crippen MR) is 102 cm³/mol. The molecule has 0 aliphatic rings. The molecule has 0 spiro atoms. The van der Waals surface area contributed by atoms with E-state index in [0.717, 1.165) is 18.5 Å². The van der Waals surface area contributed by atoms with Crippen LogP contribution in [0.2, 0.25) is 0 Å². The number of anilines is 1. The lowest BCUT2D eigenvalue weighted by atomic mass is 9.83. The summed E-state index contributed by atoms with van der Waals surface area (Å²) in [5.74, 6) is 0.398. The van der Waals surface area contributed by atoms with Crippen LogP contribution in [-0.4, -0.2) is 24.2 Å². The molecule has 4 N–H and O–H groups in total. The molecule has 0 amide bonds. The van der Waals surface area contributed by atoms with Gasteiger partial charge in [0.25, 0.3) is 0 Å². The number of nitrogens with one attached hydrogen (secondary N) is 1. The molecule has 0 atom stereocenters. The topological polar surface area (TPSA) is 70.6 Å². The van der Waals surface area contributed by atoms with Gasteiger partial charge in [-0.3, -0.25) is 4.99 Å². The zero-order valence-corrected chi connectivity index (χ0v) is 15.8. The first-order valence-corrected chi connectivity index (χ1v) is 7.21. The number of nitrogens with two attached hydrogens (primary N) is 1. The first-order valence-electron chi connectivity index (χ1n) is 7.21. The highest BCUT2D eigenvalue weighted by molar-refractivity contribution is 14.0. The Morgan fingerprint density at radius 1 is 1.19 bits per heavy atom. The molecule has 0 bridgehead atoms. The van der Waals surface area contributed by atoms with Crippen LogP contribution in [-0.2, 0) is 0 Å². The maximum absolute atomic E-state index is 9.52. The SMILES string of the molecule is CCC(CC)(CO)CN=C(N)Nc1cc(C)cc(C)c1.I. The highest BCUT2D eigenvalue weighted by Crippen LogP contribution is 2.25. The Labute approximate surface area is 145 Å². The molecule has 4 nitrogen and oxygen atoms in total. The van der Waals surface area contributed by atoms with Crippen LogP contribution in [0.3, 0.4) is 0 Å². The van der Waals surface area contributed by atoms with Crippen LogP contribution in [0.4, 0.5) is 5.69 Å². The Bertz CT molecular complexity index is 442. The number of aliphatic imine (C=N–C) groups is 1. The summed E-state index contributed by atoms with van der Waals surface area (Å²) in [5, 5.41) is 12.6. The first kappa shape index (κ1) is 20.2. The summed E-state index contributed by atoms with van der Waals surface area (Å²) < 4.78 is 0. The van der Waals surface area contributed by atoms with Gasteiger partial charge < -0.3 is 16.2 Å². The van der Waals surface area contributed by atoms with Crippen molar-refractivity contribution in [2.75, 3.05) is 18.5 Å². The molecule has 0 heterocycles. The van der Waals surface area contributed by atoms with Crippen molar-refractivity contribution < 1.29 is 5.11 Å². The van der Waals surface area contributed by atoms with Crippen molar-refractivity contribution in [3.8, 4) is 0 Å². The molecule has 0 aliphatic heterocycles. The third-order valence-electron chi connectivity index (χ3n) is 3.91. The fourth-order valence-corrected chi connectivity index (χ4v) is 2.23. The van der Waals surface area contributed by atoms with E-state index in [2.05, 4.69) is 44.1 Å². The summed E-state index contributed by atoms with van der Waals surface area (Å²) in [6, 6.07) is 6.19. The maximum atomic E-state index is 9.52. The van der Waals surface area contributed by atoms with E-state index in [1.54, 1.807) is 0 Å². The number of guanidine groups is 1. The first-order chi connectivity index (χ1) is 9.44. The number of aliphatic hydroxyl groups excluding tert-OH is 1. The minimum atomic E-state index is -0.158. The zero-order valence-electron chi connectivity index (χ0n) is 13.4. The molecule has 0 aliphatic carbocycles. The van der Waals surface area contributed by atoms with Gasteiger partial charge in [0.05, 0.1) is 13.2 Å². The summed E-state index contributed by atoms with van der Waals surface area (Å²) in [6.45, 7) is 8.93. The van der Waals surface area contributed by atoms with Crippen LogP contribution in [0, 0.1) is 19.3 Å². The lowest BCUT2D eigenvalue weighted by Gasteiger charge is -2.27. The van der Waals surface area contributed by atoms with Crippen LogP contribution >= 0.6 is 24.0 Å². The Morgan fingerprint density at radius 3 is 2.14 bits per heavy atom. The number of nitrogens with zero attached hydrogens (tertiary/aromatic N) is 1. The molecule has 0 saturated heterocycles. The molecule has 0 aromatic heterocycles. The zero-order chi connectivity index (χ0) is 15.2. The van der Waals surface area contributed by atoms with Crippen LogP contribution in [0.15, 0.2) is 23.2 Å². The van der Waals surface area contributed by atoms with E-state index in [0.29, 0.717) is 12.5 Å². The Hall–Kier alpha value is -0.820. The smallest absolute Gasteiger partial charge is 0.193 e. The van der Waals surface area contributed by atoms with Gasteiger partial charge in [-0.2, -0.15) is 0 Å². The van der Waals surface area contributed by atoms with Crippen molar-refractivity contribution in [2.45, 2.75) is 40.5 Å². The molecule has 1 aromatic carbocycles. The lowest BCUT2D eigenvalue weighted by Crippen LogP contribution is -2.30. The van der Waals surface area contributed by atoms with Crippen LogP contribution in [0.5, 0.6) is 0 Å². The van der Waals surface area contributed by atoms with Gasteiger partial charge in [-0.05, 0) is 49.9 Å². The number of aryl methyl sites for hydroxylation is 2. The van der Waals surface area contributed by atoms with Gasteiger partial charge in [-0.25, -0.2) is 0 Å². The summed E-state index contributed by atoms with van der Waals surface area (Å²) in [5.41, 5.74) is 9.10. The third-order valence-corrected chi connectivity index (χ3v) is 3.91. The van der Waals surface area contributed by atoms with Crippen molar-refractivity contribution in [2.24, 2.45) is 16.1 Å². The normalized spacial score (nSPS) is 12.0. The highest BCUT2D eigenvalue weighted by Gasteiger charge is 2.24. The van der Waals surface area contributed by atoms with Crippen molar-refractivity contribution in [1.29, 1.82) is 0 Å². The monoisotopic (exact) mass is 405 g/mol. The molecule has 21 heavy (non-hydrogen) atoms. The van der Waals surface area contributed by atoms with Gasteiger partial charge in [0.15, 0.2) is 5.96 Å². The predicted octanol–water partition coefficient (Wildman–Crippen LogP) is 3.45. The molecular weight excluding hydrogens is 377 g/mol. The second-order valence-corrected chi connectivity index (χ2v) is 5.57. The molecule has 1 aromatic rings. The van der Waals surface area contributed by atoms with Gasteiger partial charge in [0.1, 0.15) is 0 Å². The van der Waals surface area contributed by atoms with Crippen LogP contribution < -0.4 is 11.1 Å². The number of hydrogen-bond acceptors (Lipinski definition) is 2. The van der Waals surface area contributed by atoms with Crippen molar-refractivity contribution in [3.05, 3.63) is 29.3 Å². The molecular formula is C16H28IN3O. The Balaban J connectivity index is 0.00000400. The van der Waals surface area contributed by atoms with Crippen molar-refractivity contribution in [1.82, 2.24) is 0 Å². The van der Waals surface area contributed by atoms with E-state index < -0.39 is 0 Å². The average Bonchev–Trinajstić information content (AvgIpc) is 2.40. The second-order valence-electron chi connectivity index (χ2n) is 5.57. The van der Waals surface area contributed by atoms with E-state index in [1.165, 1.54) is 11.1 Å². The number of halogens is 1. The van der Waals surface area contributed by atoms with E-state index in [9.17, 15) is 5.11 Å². The van der Waals surface area contributed by atoms with Crippen molar-refractivity contribution >= 4 is 35.6 Å². The van der Waals surface area contributed by atoms with E-state index in [4.69, 9.17) is 5.73 Å². The average molecular weight is 405 g/mol. The lowest BCUT2D eigenvalue weighted by molar-refractivity contribution is 0.123.